The van der Waals surface area contributed by atoms with Crippen molar-refractivity contribution >= 4 is 17.6 Å². The average molecular weight is 139 g/mol. The maximum absolute atomic E-state index is 5.36. The lowest BCUT2D eigenvalue weighted by Crippen LogP contribution is -2.02. The van der Waals surface area contributed by atoms with Crippen molar-refractivity contribution in [3.8, 4) is 0 Å². The molecule has 0 atom stereocenters. The molecule has 0 aromatic carbocycles. The van der Waals surface area contributed by atoms with E-state index in [1.165, 1.54) is 6.07 Å². The second-order valence-electron chi connectivity index (χ2n) is 1.79. The molecule has 0 radical (unpaired) electrons. The zero-order valence-corrected chi connectivity index (χ0v) is 5.63. The molecule has 0 saturated heterocycles. The van der Waals surface area contributed by atoms with E-state index in [-0.39, 0.29) is 0 Å². The summed E-state index contributed by atoms with van der Waals surface area (Å²) in [6.07, 6.45) is 0. The van der Waals surface area contributed by atoms with Gasteiger partial charge >= 0.3 is 0 Å². The first-order chi connectivity index (χ1) is 4.72. The van der Waals surface area contributed by atoms with Crippen molar-refractivity contribution in [3.05, 3.63) is 6.07 Å². The van der Waals surface area contributed by atoms with Crippen molar-refractivity contribution in [2.24, 2.45) is 0 Å². The monoisotopic (exact) mass is 139 g/mol. The lowest BCUT2D eigenvalue weighted by molar-refractivity contribution is 1.17. The second kappa shape index (κ2) is 2.38. The van der Waals surface area contributed by atoms with Gasteiger partial charge in [0.2, 0.25) is 5.95 Å². The number of nitrogens with one attached hydrogen (secondary N) is 1. The molecule has 5 heteroatoms. The van der Waals surface area contributed by atoms with Crippen LogP contribution < -0.4 is 16.8 Å². The molecule has 0 aliphatic heterocycles. The average Bonchev–Trinajstić information content (AvgIpc) is 1.85. The molecule has 0 saturated carbocycles. The van der Waals surface area contributed by atoms with Crippen molar-refractivity contribution in [3.63, 3.8) is 0 Å². The Morgan fingerprint density at radius 3 is 2.20 bits per heavy atom. The SMILES string of the molecule is CNc1nc(N)cc(N)n1. The van der Waals surface area contributed by atoms with Crippen molar-refractivity contribution < 1.29 is 0 Å². The van der Waals surface area contributed by atoms with E-state index in [1.54, 1.807) is 7.05 Å². The number of nitrogen functional groups attached to an aromatic ring is 2. The van der Waals surface area contributed by atoms with Crippen LogP contribution in [0.15, 0.2) is 6.07 Å². The second-order valence-corrected chi connectivity index (χ2v) is 1.79. The van der Waals surface area contributed by atoms with E-state index < -0.39 is 0 Å². The molecule has 1 heterocycles. The van der Waals surface area contributed by atoms with Gasteiger partial charge in [0, 0.05) is 13.1 Å². The fraction of sp³-hybridized carbons (Fsp3) is 0.200. The predicted molar refractivity (Wildman–Crippen MR) is 40.4 cm³/mol. The smallest absolute Gasteiger partial charge is 0.226 e. The van der Waals surface area contributed by atoms with Gasteiger partial charge in [0.25, 0.3) is 0 Å². The summed E-state index contributed by atoms with van der Waals surface area (Å²) >= 11 is 0. The molecular formula is C5H9N5. The van der Waals surface area contributed by atoms with Gasteiger partial charge in [0.15, 0.2) is 0 Å². The zero-order valence-electron chi connectivity index (χ0n) is 5.63. The summed E-state index contributed by atoms with van der Waals surface area (Å²) in [5.41, 5.74) is 10.7. The highest BCUT2D eigenvalue weighted by molar-refractivity contribution is 5.46. The summed E-state index contributed by atoms with van der Waals surface area (Å²) in [6, 6.07) is 1.50. The van der Waals surface area contributed by atoms with Crippen LogP contribution >= 0.6 is 0 Å². The lowest BCUT2D eigenvalue weighted by atomic mass is 10.5. The summed E-state index contributed by atoms with van der Waals surface area (Å²) in [4.78, 5) is 7.66. The van der Waals surface area contributed by atoms with Crippen LogP contribution in [0.1, 0.15) is 0 Å². The van der Waals surface area contributed by atoms with E-state index in [0.29, 0.717) is 17.6 Å². The molecule has 5 nitrogen and oxygen atoms in total. The van der Waals surface area contributed by atoms with E-state index in [4.69, 9.17) is 11.5 Å². The van der Waals surface area contributed by atoms with E-state index >= 15 is 0 Å². The quantitative estimate of drug-likeness (QED) is 0.496. The summed E-state index contributed by atoms with van der Waals surface area (Å²) in [5.74, 6) is 1.19. The summed E-state index contributed by atoms with van der Waals surface area (Å²) < 4.78 is 0. The number of nitrogens with two attached hydrogens (primary N) is 2. The third kappa shape index (κ3) is 1.25. The normalized spacial score (nSPS) is 9.30. The van der Waals surface area contributed by atoms with Crippen LogP contribution in [-0.4, -0.2) is 17.0 Å². The zero-order chi connectivity index (χ0) is 7.56. The van der Waals surface area contributed by atoms with Gasteiger partial charge in [-0.3, -0.25) is 0 Å². The lowest BCUT2D eigenvalue weighted by Gasteiger charge is -1.99. The van der Waals surface area contributed by atoms with Gasteiger partial charge in [-0.25, -0.2) is 0 Å². The van der Waals surface area contributed by atoms with Gasteiger partial charge in [-0.2, -0.15) is 9.97 Å². The van der Waals surface area contributed by atoms with Gasteiger partial charge in [0.05, 0.1) is 0 Å². The third-order valence-corrected chi connectivity index (χ3v) is 0.989. The number of rotatable bonds is 1. The molecule has 1 rings (SSSR count). The molecular weight excluding hydrogens is 130 g/mol. The van der Waals surface area contributed by atoms with Crippen molar-refractivity contribution in [2.45, 2.75) is 0 Å². The molecule has 54 valence electrons. The molecule has 0 spiro atoms. The van der Waals surface area contributed by atoms with Gasteiger partial charge in [-0.1, -0.05) is 0 Å². The van der Waals surface area contributed by atoms with Crippen LogP contribution in [0.5, 0.6) is 0 Å². The molecule has 10 heavy (non-hydrogen) atoms. The first-order valence-electron chi connectivity index (χ1n) is 2.80. The highest BCUT2D eigenvalue weighted by Gasteiger charge is 1.94. The molecule has 1 aromatic heterocycles. The van der Waals surface area contributed by atoms with E-state index in [0.717, 1.165) is 0 Å². The van der Waals surface area contributed by atoms with Crippen LogP contribution in [0.4, 0.5) is 17.6 Å². The van der Waals surface area contributed by atoms with Crippen LogP contribution in [0, 0.1) is 0 Å². The Hall–Kier alpha value is -1.52. The molecule has 0 bridgehead atoms. The third-order valence-electron chi connectivity index (χ3n) is 0.989. The number of aromatic nitrogens is 2. The molecule has 5 N–H and O–H groups in total. The van der Waals surface area contributed by atoms with Crippen molar-refractivity contribution in [2.75, 3.05) is 23.8 Å². The molecule has 0 amide bonds. The standard InChI is InChI=1S/C5H9N5/c1-8-5-9-3(6)2-4(7)10-5/h2H,1H3,(H5,6,7,8,9,10). The minimum atomic E-state index is 0.372. The van der Waals surface area contributed by atoms with Crippen LogP contribution in [0.25, 0.3) is 0 Å². The molecule has 1 aromatic rings. The van der Waals surface area contributed by atoms with Crippen molar-refractivity contribution in [1.82, 2.24) is 9.97 Å². The molecule has 0 unspecified atom stereocenters. The highest BCUT2D eigenvalue weighted by Crippen LogP contribution is 2.06. The van der Waals surface area contributed by atoms with Crippen LogP contribution in [0.2, 0.25) is 0 Å². The largest absolute Gasteiger partial charge is 0.383 e. The Bertz CT molecular complexity index is 213. The van der Waals surface area contributed by atoms with Gasteiger partial charge in [-0.05, 0) is 0 Å². The van der Waals surface area contributed by atoms with Crippen molar-refractivity contribution in [1.29, 1.82) is 0 Å². The maximum atomic E-state index is 5.36. The highest BCUT2D eigenvalue weighted by atomic mass is 15.1. The Labute approximate surface area is 58.5 Å². The number of hydrogen-bond acceptors (Lipinski definition) is 5. The van der Waals surface area contributed by atoms with Gasteiger partial charge in [0.1, 0.15) is 11.6 Å². The Balaban J connectivity index is 3.06. The minimum absolute atomic E-state index is 0.372. The summed E-state index contributed by atoms with van der Waals surface area (Å²) in [6.45, 7) is 0. The molecule has 0 fully saturated rings. The topological polar surface area (TPSA) is 89.8 Å². The first-order valence-corrected chi connectivity index (χ1v) is 2.80. The number of nitrogens with zero attached hydrogens (tertiary/aromatic N) is 2. The minimum Gasteiger partial charge on any atom is -0.383 e. The molecule has 0 aliphatic rings. The summed E-state index contributed by atoms with van der Waals surface area (Å²) in [7, 11) is 1.70. The molecule has 0 aliphatic carbocycles. The fourth-order valence-corrected chi connectivity index (χ4v) is 0.597. The number of hydrogen-bond donors (Lipinski definition) is 3. The van der Waals surface area contributed by atoms with Gasteiger partial charge in [-0.15, -0.1) is 0 Å². The first kappa shape index (κ1) is 6.60. The van der Waals surface area contributed by atoms with Gasteiger partial charge < -0.3 is 16.8 Å². The predicted octanol–water partition coefficient (Wildman–Crippen LogP) is -0.317. The van der Waals surface area contributed by atoms with Crippen LogP contribution in [-0.2, 0) is 0 Å². The maximum Gasteiger partial charge on any atom is 0.226 e. The Morgan fingerprint density at radius 2 is 1.80 bits per heavy atom. The Morgan fingerprint density at radius 1 is 1.30 bits per heavy atom. The van der Waals surface area contributed by atoms with E-state index in [9.17, 15) is 0 Å². The number of anilines is 3. The van der Waals surface area contributed by atoms with E-state index in [1.807, 2.05) is 0 Å². The Kier molecular flexibility index (Phi) is 1.57. The fourth-order valence-electron chi connectivity index (χ4n) is 0.597. The van der Waals surface area contributed by atoms with E-state index in [2.05, 4.69) is 15.3 Å². The van der Waals surface area contributed by atoms with Crippen LogP contribution in [0.3, 0.4) is 0 Å². The summed E-state index contributed by atoms with van der Waals surface area (Å²) in [5, 5.41) is 2.73.